The molecule has 0 aromatic heterocycles. The van der Waals surface area contributed by atoms with Crippen LogP contribution in [0.2, 0.25) is 0 Å². The fraction of sp³-hybridized carbons (Fsp3) is 0.0455. The van der Waals surface area contributed by atoms with Crippen LogP contribution < -0.4 is 20.5 Å². The van der Waals surface area contributed by atoms with Crippen LogP contribution in [0.4, 0.5) is 11.4 Å². The van der Waals surface area contributed by atoms with E-state index in [9.17, 15) is 19.5 Å². The number of hydrogen-bond donors (Lipinski definition) is 2. The fourth-order valence-corrected chi connectivity index (χ4v) is 2.56. The normalized spacial score (nSPS) is 10.1. The molecule has 0 radical (unpaired) electrons. The van der Waals surface area contributed by atoms with Gasteiger partial charge in [0.1, 0.15) is 5.75 Å². The van der Waals surface area contributed by atoms with Crippen LogP contribution >= 0.6 is 0 Å². The van der Waals surface area contributed by atoms with Crippen molar-refractivity contribution >= 4 is 29.2 Å². The summed E-state index contributed by atoms with van der Waals surface area (Å²) in [5, 5.41) is 16.2. The van der Waals surface area contributed by atoms with Gasteiger partial charge in [0.25, 0.3) is 11.8 Å². The maximum absolute atomic E-state index is 12.6. The zero-order valence-electron chi connectivity index (χ0n) is 15.3. The molecule has 0 aliphatic heterocycles. The molecule has 0 aliphatic carbocycles. The number of aromatic carboxylic acids is 1. The van der Waals surface area contributed by atoms with E-state index >= 15 is 0 Å². The molecule has 3 rings (SSSR count). The van der Waals surface area contributed by atoms with Crippen LogP contribution in [-0.2, 0) is 4.79 Å². The maximum Gasteiger partial charge on any atom is 0.262 e. The third-order valence-electron chi connectivity index (χ3n) is 3.92. The summed E-state index contributed by atoms with van der Waals surface area (Å²) >= 11 is 0. The molecule has 3 aromatic rings. The Labute approximate surface area is 166 Å². The number of amides is 2. The average Bonchev–Trinajstić information content (AvgIpc) is 2.73. The number of hydrogen-bond acceptors (Lipinski definition) is 5. The summed E-state index contributed by atoms with van der Waals surface area (Å²) in [6, 6.07) is 21.1. The van der Waals surface area contributed by atoms with Gasteiger partial charge in [-0.2, -0.15) is 0 Å². The first-order chi connectivity index (χ1) is 14.0. The Morgan fingerprint density at radius 1 is 0.828 bits per heavy atom. The second-order valence-corrected chi connectivity index (χ2v) is 6.02. The molecule has 0 unspecified atom stereocenters. The molecule has 2 N–H and O–H groups in total. The topological polar surface area (TPSA) is 108 Å². The van der Waals surface area contributed by atoms with Crippen molar-refractivity contribution in [3.8, 4) is 5.75 Å². The third-order valence-corrected chi connectivity index (χ3v) is 3.92. The standard InChI is InChI=1S/C22H18N2O5/c25-20(14-29-17-9-2-1-3-10-17)24-19-12-5-4-11-18(19)21(26)23-16-8-6-7-15(13-16)22(27)28/h1-13H,14H2,(H,23,26)(H,24,25)(H,27,28)/p-1. The van der Waals surface area contributed by atoms with Crippen molar-refractivity contribution < 1.29 is 24.2 Å². The molecule has 0 aliphatic rings. The molecule has 0 saturated heterocycles. The van der Waals surface area contributed by atoms with Gasteiger partial charge >= 0.3 is 0 Å². The number of para-hydroxylation sites is 2. The predicted octanol–water partition coefficient (Wildman–Crippen LogP) is 2.32. The summed E-state index contributed by atoms with van der Waals surface area (Å²) in [5.74, 6) is -1.71. The van der Waals surface area contributed by atoms with Crippen molar-refractivity contribution in [2.75, 3.05) is 17.2 Å². The summed E-state index contributed by atoms with van der Waals surface area (Å²) in [7, 11) is 0. The molecule has 3 aromatic carbocycles. The summed E-state index contributed by atoms with van der Waals surface area (Å²) in [5.41, 5.74) is 0.773. The number of carbonyl (C=O) groups excluding carboxylic acids is 3. The number of carbonyl (C=O) groups is 3. The van der Waals surface area contributed by atoms with Gasteiger partial charge in [0.15, 0.2) is 6.61 Å². The highest BCUT2D eigenvalue weighted by molar-refractivity contribution is 6.10. The Kier molecular flexibility index (Phi) is 6.22. The van der Waals surface area contributed by atoms with E-state index in [1.165, 1.54) is 18.2 Å². The Morgan fingerprint density at radius 2 is 1.55 bits per heavy atom. The smallest absolute Gasteiger partial charge is 0.262 e. The predicted molar refractivity (Wildman–Crippen MR) is 106 cm³/mol. The monoisotopic (exact) mass is 389 g/mol. The van der Waals surface area contributed by atoms with E-state index in [1.807, 2.05) is 6.07 Å². The molecular formula is C22H17N2O5-. The van der Waals surface area contributed by atoms with Crippen molar-refractivity contribution in [1.82, 2.24) is 0 Å². The van der Waals surface area contributed by atoms with E-state index in [-0.39, 0.29) is 17.7 Å². The first-order valence-electron chi connectivity index (χ1n) is 8.72. The SMILES string of the molecule is O=C(COc1ccccc1)Nc1ccccc1C(=O)Nc1cccc(C(=O)[O-])c1. The highest BCUT2D eigenvalue weighted by Crippen LogP contribution is 2.18. The number of ether oxygens (including phenoxy) is 1. The van der Waals surface area contributed by atoms with Gasteiger partial charge in [0, 0.05) is 5.69 Å². The Bertz CT molecular complexity index is 1030. The molecule has 2 amide bonds. The molecule has 0 heterocycles. The lowest BCUT2D eigenvalue weighted by Crippen LogP contribution is -2.23. The minimum Gasteiger partial charge on any atom is -0.545 e. The maximum atomic E-state index is 12.6. The molecule has 7 nitrogen and oxygen atoms in total. The van der Waals surface area contributed by atoms with Crippen LogP contribution in [0, 0.1) is 0 Å². The van der Waals surface area contributed by atoms with Gasteiger partial charge in [-0.3, -0.25) is 9.59 Å². The molecule has 0 bridgehead atoms. The summed E-state index contributed by atoms with van der Waals surface area (Å²) in [6.45, 7) is -0.215. The van der Waals surface area contributed by atoms with E-state index in [0.717, 1.165) is 0 Å². The molecule has 0 atom stereocenters. The quantitative estimate of drug-likeness (QED) is 0.645. The lowest BCUT2D eigenvalue weighted by Gasteiger charge is -2.13. The molecule has 146 valence electrons. The van der Waals surface area contributed by atoms with Gasteiger partial charge in [-0.1, -0.05) is 42.5 Å². The largest absolute Gasteiger partial charge is 0.545 e. The summed E-state index contributed by atoms with van der Waals surface area (Å²) in [4.78, 5) is 35.8. The number of nitrogens with one attached hydrogen (secondary N) is 2. The average molecular weight is 389 g/mol. The van der Waals surface area contributed by atoms with Crippen LogP contribution in [0.1, 0.15) is 20.7 Å². The first-order valence-corrected chi connectivity index (χ1v) is 8.72. The van der Waals surface area contributed by atoms with Gasteiger partial charge in [0.05, 0.1) is 17.2 Å². The van der Waals surface area contributed by atoms with Gasteiger partial charge in [-0.15, -0.1) is 0 Å². The first kappa shape index (κ1) is 19.6. The second-order valence-electron chi connectivity index (χ2n) is 6.02. The molecule has 7 heteroatoms. The Balaban J connectivity index is 1.68. The molecule has 29 heavy (non-hydrogen) atoms. The van der Waals surface area contributed by atoms with Gasteiger partial charge in [0.2, 0.25) is 0 Å². The van der Waals surface area contributed by atoms with E-state index in [0.29, 0.717) is 17.1 Å². The lowest BCUT2D eigenvalue weighted by molar-refractivity contribution is -0.255. The van der Waals surface area contributed by atoms with Crippen molar-refractivity contribution in [2.24, 2.45) is 0 Å². The lowest BCUT2D eigenvalue weighted by atomic mass is 10.1. The number of benzene rings is 3. The van der Waals surface area contributed by atoms with Gasteiger partial charge in [-0.05, 0) is 42.0 Å². The van der Waals surface area contributed by atoms with Crippen molar-refractivity contribution in [3.05, 3.63) is 90.0 Å². The van der Waals surface area contributed by atoms with Gasteiger partial charge < -0.3 is 25.3 Å². The van der Waals surface area contributed by atoms with Crippen molar-refractivity contribution in [2.45, 2.75) is 0 Å². The molecular weight excluding hydrogens is 372 g/mol. The van der Waals surface area contributed by atoms with E-state index in [2.05, 4.69) is 10.6 Å². The van der Waals surface area contributed by atoms with Crippen LogP contribution in [0.5, 0.6) is 5.75 Å². The van der Waals surface area contributed by atoms with Crippen LogP contribution in [0.25, 0.3) is 0 Å². The summed E-state index contributed by atoms with van der Waals surface area (Å²) in [6.07, 6.45) is 0. The number of anilines is 2. The highest BCUT2D eigenvalue weighted by Gasteiger charge is 2.14. The summed E-state index contributed by atoms with van der Waals surface area (Å²) < 4.78 is 5.40. The zero-order valence-corrected chi connectivity index (χ0v) is 15.3. The molecule has 0 fully saturated rings. The van der Waals surface area contributed by atoms with Crippen LogP contribution in [-0.4, -0.2) is 24.4 Å². The zero-order chi connectivity index (χ0) is 20.6. The minimum absolute atomic E-state index is 0.0533. The number of carboxylic acids is 1. The van der Waals surface area contributed by atoms with E-state index < -0.39 is 17.8 Å². The van der Waals surface area contributed by atoms with Crippen molar-refractivity contribution in [1.29, 1.82) is 0 Å². The van der Waals surface area contributed by atoms with E-state index in [4.69, 9.17) is 4.74 Å². The fourth-order valence-electron chi connectivity index (χ4n) is 2.56. The third kappa shape index (κ3) is 5.43. The van der Waals surface area contributed by atoms with Crippen molar-refractivity contribution in [3.63, 3.8) is 0 Å². The number of rotatable bonds is 7. The molecule has 0 spiro atoms. The Morgan fingerprint density at radius 3 is 2.31 bits per heavy atom. The minimum atomic E-state index is -1.34. The van der Waals surface area contributed by atoms with Crippen LogP contribution in [0.3, 0.4) is 0 Å². The Hall–Kier alpha value is -4.13. The molecule has 0 saturated carbocycles. The van der Waals surface area contributed by atoms with Crippen LogP contribution in [0.15, 0.2) is 78.9 Å². The van der Waals surface area contributed by atoms with Gasteiger partial charge in [-0.25, -0.2) is 0 Å². The van der Waals surface area contributed by atoms with E-state index in [1.54, 1.807) is 54.6 Å². The second kappa shape index (κ2) is 9.18. The highest BCUT2D eigenvalue weighted by atomic mass is 16.5. The number of carboxylic acid groups (broad SMARTS) is 1.